The number of benzene rings is 1. The molecule has 0 aliphatic carbocycles. The average Bonchev–Trinajstić information content (AvgIpc) is 3.23. The number of nitrogens with one attached hydrogen (secondary N) is 1. The third-order valence-corrected chi connectivity index (χ3v) is 7.07. The fourth-order valence-corrected chi connectivity index (χ4v) is 5.27. The quantitative estimate of drug-likeness (QED) is 0.748. The number of piperidine rings is 1. The van der Waals surface area contributed by atoms with Crippen LogP contribution in [0, 0.1) is 0 Å². The minimum Gasteiger partial charge on any atom is -0.366 e. The molecule has 4 heterocycles. The Morgan fingerprint density at radius 2 is 1.78 bits per heavy atom. The van der Waals surface area contributed by atoms with E-state index in [1.807, 2.05) is 12.1 Å². The van der Waals surface area contributed by atoms with E-state index < -0.39 is 12.2 Å². The summed E-state index contributed by atoms with van der Waals surface area (Å²) in [5, 5.41) is 2.90. The molecule has 1 aromatic carbocycles. The molecule has 3 atom stereocenters. The zero-order chi connectivity index (χ0) is 22.5. The summed E-state index contributed by atoms with van der Waals surface area (Å²) in [7, 11) is 0. The summed E-state index contributed by atoms with van der Waals surface area (Å²) < 4.78 is 45.3. The monoisotopic (exact) mass is 452 g/mol. The van der Waals surface area contributed by atoms with Gasteiger partial charge in [-0.15, -0.1) is 0 Å². The SMILES string of the molecule is O=C1CO[C@H]2CCN(C(=O)N3CC(c4ccc(N5CCCC5C(F)(F)F)cc4)C3)CC2N1. The molecule has 7 nitrogen and oxygen atoms in total. The lowest BCUT2D eigenvalue weighted by atomic mass is 9.91. The summed E-state index contributed by atoms with van der Waals surface area (Å²) in [6.45, 7) is 2.71. The highest BCUT2D eigenvalue weighted by molar-refractivity contribution is 5.79. The van der Waals surface area contributed by atoms with E-state index in [9.17, 15) is 22.8 Å². The van der Waals surface area contributed by atoms with Crippen LogP contribution in [0.1, 0.15) is 30.7 Å². The van der Waals surface area contributed by atoms with Crippen LogP contribution in [0.15, 0.2) is 24.3 Å². The van der Waals surface area contributed by atoms with Crippen molar-refractivity contribution in [1.29, 1.82) is 0 Å². The Balaban J connectivity index is 1.15. The highest BCUT2D eigenvalue weighted by Gasteiger charge is 2.46. The van der Waals surface area contributed by atoms with Gasteiger partial charge in [0, 0.05) is 44.3 Å². The van der Waals surface area contributed by atoms with Crippen LogP contribution >= 0.6 is 0 Å². The van der Waals surface area contributed by atoms with E-state index in [0.29, 0.717) is 51.3 Å². The highest BCUT2D eigenvalue weighted by Crippen LogP contribution is 2.37. The maximum Gasteiger partial charge on any atom is 0.408 e. The molecule has 10 heteroatoms. The maximum absolute atomic E-state index is 13.2. The lowest BCUT2D eigenvalue weighted by Gasteiger charge is -2.46. The molecule has 1 aromatic rings. The summed E-state index contributed by atoms with van der Waals surface area (Å²) in [6.07, 6.45) is -2.87. The normalized spacial score (nSPS) is 28.9. The molecular formula is C22H27F3N4O3. The first-order valence-corrected chi connectivity index (χ1v) is 11.2. The van der Waals surface area contributed by atoms with Gasteiger partial charge < -0.3 is 24.8 Å². The Morgan fingerprint density at radius 3 is 2.50 bits per heavy atom. The first-order chi connectivity index (χ1) is 15.3. The number of carbonyl (C=O) groups excluding carboxylic acids is 2. The van der Waals surface area contributed by atoms with Gasteiger partial charge in [0.2, 0.25) is 5.91 Å². The van der Waals surface area contributed by atoms with Crippen molar-refractivity contribution in [2.24, 2.45) is 0 Å². The van der Waals surface area contributed by atoms with Crippen LogP contribution in [-0.4, -0.2) is 85.4 Å². The van der Waals surface area contributed by atoms with Gasteiger partial charge in [0.1, 0.15) is 12.6 Å². The van der Waals surface area contributed by atoms with Gasteiger partial charge in [0.05, 0.1) is 12.1 Å². The number of hydrogen-bond donors (Lipinski definition) is 1. The topological polar surface area (TPSA) is 65.1 Å². The fourth-order valence-electron chi connectivity index (χ4n) is 5.27. The number of alkyl halides is 3. The minimum absolute atomic E-state index is 0.0352. The molecule has 1 N–H and O–H groups in total. The molecule has 4 saturated heterocycles. The molecule has 4 aliphatic heterocycles. The number of anilines is 1. The predicted molar refractivity (Wildman–Crippen MR) is 110 cm³/mol. The molecule has 32 heavy (non-hydrogen) atoms. The molecule has 0 radical (unpaired) electrons. The first kappa shape index (κ1) is 21.4. The number of urea groups is 1. The molecule has 4 aliphatic rings. The highest BCUT2D eigenvalue weighted by atomic mass is 19.4. The Kier molecular flexibility index (Phi) is 5.43. The number of hydrogen-bond acceptors (Lipinski definition) is 4. The van der Waals surface area contributed by atoms with Crippen molar-refractivity contribution in [3.63, 3.8) is 0 Å². The van der Waals surface area contributed by atoms with Crippen molar-refractivity contribution in [3.05, 3.63) is 29.8 Å². The number of amides is 3. The maximum atomic E-state index is 13.2. The smallest absolute Gasteiger partial charge is 0.366 e. The minimum atomic E-state index is -4.22. The number of fused-ring (bicyclic) bond motifs is 1. The van der Waals surface area contributed by atoms with Crippen molar-refractivity contribution in [3.8, 4) is 0 Å². The second-order valence-corrected chi connectivity index (χ2v) is 9.13. The zero-order valence-corrected chi connectivity index (χ0v) is 17.7. The molecule has 5 rings (SSSR count). The molecule has 0 spiro atoms. The van der Waals surface area contributed by atoms with E-state index in [1.54, 1.807) is 21.9 Å². The predicted octanol–water partition coefficient (Wildman–Crippen LogP) is 2.33. The van der Waals surface area contributed by atoms with Gasteiger partial charge in [-0.3, -0.25) is 4.79 Å². The van der Waals surface area contributed by atoms with Gasteiger partial charge in [-0.1, -0.05) is 12.1 Å². The summed E-state index contributed by atoms with van der Waals surface area (Å²) in [4.78, 5) is 29.4. The first-order valence-electron chi connectivity index (χ1n) is 11.2. The van der Waals surface area contributed by atoms with Crippen molar-refractivity contribution in [2.45, 2.75) is 49.5 Å². The number of halogens is 3. The van der Waals surface area contributed by atoms with Crippen molar-refractivity contribution in [1.82, 2.24) is 15.1 Å². The van der Waals surface area contributed by atoms with E-state index in [4.69, 9.17) is 4.74 Å². The van der Waals surface area contributed by atoms with E-state index in [1.165, 1.54) is 4.90 Å². The molecule has 0 bridgehead atoms. The largest absolute Gasteiger partial charge is 0.408 e. The molecule has 0 saturated carbocycles. The Hall–Kier alpha value is -2.49. The van der Waals surface area contributed by atoms with Crippen molar-refractivity contribution < 1.29 is 27.5 Å². The standard InChI is InChI=1S/C22H27F3N4O3/c23-22(24,25)19-2-1-8-29(19)16-5-3-14(4-6-16)15-10-28(11-15)21(31)27-9-7-18-17(12-27)26-20(30)13-32-18/h3-6,15,17-19H,1-2,7-13H2,(H,26,30)/t17?,18-,19?/m0/s1. The molecule has 174 valence electrons. The van der Waals surface area contributed by atoms with Gasteiger partial charge in [-0.2, -0.15) is 13.2 Å². The number of likely N-dealkylation sites (tertiary alicyclic amines) is 2. The third-order valence-electron chi connectivity index (χ3n) is 7.07. The average molecular weight is 452 g/mol. The lowest BCUT2D eigenvalue weighted by Crippen LogP contribution is -2.63. The fraction of sp³-hybridized carbons (Fsp3) is 0.636. The number of rotatable bonds is 2. The zero-order valence-electron chi connectivity index (χ0n) is 17.7. The molecule has 4 fully saturated rings. The van der Waals surface area contributed by atoms with Crippen LogP contribution in [0.3, 0.4) is 0 Å². The van der Waals surface area contributed by atoms with Gasteiger partial charge in [0.15, 0.2) is 0 Å². The second kappa shape index (κ2) is 8.13. The molecule has 2 unspecified atom stereocenters. The van der Waals surface area contributed by atoms with Crippen LogP contribution < -0.4 is 10.2 Å². The van der Waals surface area contributed by atoms with E-state index in [-0.39, 0.29) is 43.0 Å². The number of nitrogens with zero attached hydrogens (tertiary/aromatic N) is 3. The summed E-state index contributed by atoms with van der Waals surface area (Å²) in [6, 6.07) is 5.68. The third kappa shape index (κ3) is 4.00. The van der Waals surface area contributed by atoms with E-state index in [2.05, 4.69) is 5.32 Å². The van der Waals surface area contributed by atoms with Crippen molar-refractivity contribution >= 4 is 17.6 Å². The number of ether oxygens (including phenoxy) is 1. The van der Waals surface area contributed by atoms with Gasteiger partial charge >= 0.3 is 12.2 Å². The lowest BCUT2D eigenvalue weighted by molar-refractivity contribution is -0.146. The molecule has 0 aromatic heterocycles. The van der Waals surface area contributed by atoms with Crippen LogP contribution in [0.4, 0.5) is 23.7 Å². The van der Waals surface area contributed by atoms with E-state index >= 15 is 0 Å². The Labute approximate surface area is 184 Å². The number of morpholine rings is 1. The Bertz CT molecular complexity index is 872. The van der Waals surface area contributed by atoms with Crippen LogP contribution in [-0.2, 0) is 9.53 Å². The number of carbonyl (C=O) groups is 2. The van der Waals surface area contributed by atoms with Gasteiger partial charge in [-0.05, 0) is 37.0 Å². The Morgan fingerprint density at radius 1 is 1.03 bits per heavy atom. The second-order valence-electron chi connectivity index (χ2n) is 9.13. The summed E-state index contributed by atoms with van der Waals surface area (Å²) in [5.41, 5.74) is 1.63. The van der Waals surface area contributed by atoms with Crippen LogP contribution in [0.25, 0.3) is 0 Å². The van der Waals surface area contributed by atoms with Gasteiger partial charge in [0.25, 0.3) is 0 Å². The molecular weight excluding hydrogens is 425 g/mol. The van der Waals surface area contributed by atoms with Crippen LogP contribution in [0.2, 0.25) is 0 Å². The summed E-state index contributed by atoms with van der Waals surface area (Å²) >= 11 is 0. The summed E-state index contributed by atoms with van der Waals surface area (Å²) in [5.74, 6) is 0.0312. The van der Waals surface area contributed by atoms with E-state index in [0.717, 1.165) is 5.56 Å². The van der Waals surface area contributed by atoms with Crippen molar-refractivity contribution in [2.75, 3.05) is 44.2 Å². The molecule has 3 amide bonds. The van der Waals surface area contributed by atoms with Gasteiger partial charge in [-0.25, -0.2) is 4.79 Å². The van der Waals surface area contributed by atoms with Crippen LogP contribution in [0.5, 0.6) is 0 Å².